The van der Waals surface area contributed by atoms with E-state index >= 15 is 0 Å². The van der Waals surface area contributed by atoms with Gasteiger partial charge in [-0.3, -0.25) is 0 Å². The molecule has 4 nitrogen and oxygen atoms in total. The molecule has 0 aliphatic heterocycles. The summed E-state index contributed by atoms with van der Waals surface area (Å²) >= 11 is 3.53. The van der Waals surface area contributed by atoms with Gasteiger partial charge in [0.2, 0.25) is 0 Å². The fraction of sp³-hybridized carbons (Fsp3) is 0.333. The average molecular weight is 294 g/mol. The highest BCUT2D eigenvalue weighted by Gasteiger charge is 2.40. The Labute approximate surface area is 107 Å². The van der Waals surface area contributed by atoms with Crippen molar-refractivity contribution in [1.29, 1.82) is 0 Å². The zero-order valence-electron chi connectivity index (χ0n) is 9.17. The molecule has 0 atom stereocenters. The Morgan fingerprint density at radius 1 is 1.41 bits per heavy atom. The number of nitrogens with zero attached hydrogens (tertiary/aromatic N) is 3. The van der Waals surface area contributed by atoms with E-state index in [2.05, 4.69) is 26.0 Å². The van der Waals surface area contributed by atoms with E-state index in [9.17, 15) is 5.11 Å². The fourth-order valence-electron chi connectivity index (χ4n) is 1.88. The summed E-state index contributed by atoms with van der Waals surface area (Å²) < 4.78 is 2.67. The standard InChI is InChI=1S/C12H12BrN3O/c13-10-5-9(6-12(17)3-4-12)1-2-11(10)16-8-14-7-15-16/h1-2,5,7-8,17H,3-4,6H2. The molecule has 0 saturated heterocycles. The van der Waals surface area contributed by atoms with E-state index in [1.165, 1.54) is 6.33 Å². The van der Waals surface area contributed by atoms with E-state index in [-0.39, 0.29) is 0 Å². The summed E-state index contributed by atoms with van der Waals surface area (Å²) in [6, 6.07) is 6.05. The Balaban J connectivity index is 1.89. The van der Waals surface area contributed by atoms with Crippen molar-refractivity contribution in [2.45, 2.75) is 24.9 Å². The van der Waals surface area contributed by atoms with Gasteiger partial charge >= 0.3 is 0 Å². The van der Waals surface area contributed by atoms with Crippen molar-refractivity contribution in [2.75, 3.05) is 0 Å². The molecule has 0 bridgehead atoms. The molecule has 0 amide bonds. The van der Waals surface area contributed by atoms with Crippen molar-refractivity contribution in [2.24, 2.45) is 0 Å². The van der Waals surface area contributed by atoms with E-state index in [1.807, 2.05) is 18.2 Å². The Bertz CT molecular complexity index is 535. The lowest BCUT2D eigenvalue weighted by molar-refractivity contribution is 0.151. The molecule has 1 heterocycles. The van der Waals surface area contributed by atoms with Crippen molar-refractivity contribution in [3.8, 4) is 5.69 Å². The molecule has 1 N–H and O–H groups in total. The van der Waals surface area contributed by atoms with E-state index in [4.69, 9.17) is 0 Å². The number of aromatic nitrogens is 3. The quantitative estimate of drug-likeness (QED) is 0.943. The van der Waals surface area contributed by atoms with Crippen LogP contribution in [0.3, 0.4) is 0 Å². The van der Waals surface area contributed by atoms with Gasteiger partial charge in [0.1, 0.15) is 12.7 Å². The third-order valence-corrected chi connectivity index (χ3v) is 3.67. The zero-order chi connectivity index (χ0) is 11.9. The van der Waals surface area contributed by atoms with Crippen LogP contribution in [0.2, 0.25) is 0 Å². The fourth-order valence-corrected chi connectivity index (χ4v) is 2.49. The van der Waals surface area contributed by atoms with Gasteiger partial charge in [-0.25, -0.2) is 9.67 Å². The monoisotopic (exact) mass is 293 g/mol. The maximum absolute atomic E-state index is 9.88. The van der Waals surface area contributed by atoms with E-state index < -0.39 is 5.60 Å². The molecule has 2 aromatic rings. The smallest absolute Gasteiger partial charge is 0.138 e. The van der Waals surface area contributed by atoms with Crippen LogP contribution < -0.4 is 0 Å². The van der Waals surface area contributed by atoms with Crippen LogP contribution in [0.1, 0.15) is 18.4 Å². The SMILES string of the molecule is OC1(Cc2ccc(-n3cncn3)c(Br)c2)CC1. The summed E-state index contributed by atoms with van der Waals surface area (Å²) in [7, 11) is 0. The van der Waals surface area contributed by atoms with Gasteiger partial charge in [0.15, 0.2) is 0 Å². The third-order valence-electron chi connectivity index (χ3n) is 3.04. The minimum Gasteiger partial charge on any atom is -0.390 e. The minimum absolute atomic E-state index is 0.450. The largest absolute Gasteiger partial charge is 0.390 e. The van der Waals surface area contributed by atoms with E-state index in [0.717, 1.165) is 35.0 Å². The average Bonchev–Trinajstić information content (AvgIpc) is 2.81. The molecule has 1 saturated carbocycles. The third kappa shape index (κ3) is 2.25. The first-order valence-corrected chi connectivity index (χ1v) is 6.31. The zero-order valence-corrected chi connectivity index (χ0v) is 10.8. The van der Waals surface area contributed by atoms with Crippen LogP contribution in [0.5, 0.6) is 0 Å². The second-order valence-electron chi connectivity index (χ2n) is 4.53. The first-order chi connectivity index (χ1) is 8.16. The summed E-state index contributed by atoms with van der Waals surface area (Å²) in [4.78, 5) is 3.92. The first kappa shape index (κ1) is 10.9. The second kappa shape index (κ2) is 3.92. The van der Waals surface area contributed by atoms with Crippen LogP contribution in [0.4, 0.5) is 0 Å². The van der Waals surface area contributed by atoms with Crippen LogP contribution in [0, 0.1) is 0 Å². The topological polar surface area (TPSA) is 50.9 Å². The molecular weight excluding hydrogens is 282 g/mol. The van der Waals surface area contributed by atoms with Crippen LogP contribution in [0.25, 0.3) is 5.69 Å². The predicted octanol–water partition coefficient (Wildman–Crippen LogP) is 2.10. The molecule has 88 valence electrons. The Hall–Kier alpha value is -1.20. The molecule has 1 aromatic carbocycles. The van der Waals surface area contributed by atoms with Gasteiger partial charge in [-0.15, -0.1) is 0 Å². The summed E-state index contributed by atoms with van der Waals surface area (Å²) in [5.74, 6) is 0. The van der Waals surface area contributed by atoms with Gasteiger partial charge in [-0.2, -0.15) is 5.10 Å². The number of aliphatic hydroxyl groups is 1. The van der Waals surface area contributed by atoms with Gasteiger partial charge < -0.3 is 5.11 Å². The molecule has 17 heavy (non-hydrogen) atoms. The highest BCUT2D eigenvalue weighted by Crippen LogP contribution is 2.38. The van der Waals surface area contributed by atoms with Crippen molar-refractivity contribution in [3.63, 3.8) is 0 Å². The van der Waals surface area contributed by atoms with Gasteiger partial charge in [-0.1, -0.05) is 6.07 Å². The summed E-state index contributed by atoms with van der Waals surface area (Å²) in [5.41, 5.74) is 1.64. The van der Waals surface area contributed by atoms with Crippen LogP contribution >= 0.6 is 15.9 Å². The summed E-state index contributed by atoms with van der Waals surface area (Å²) in [6.45, 7) is 0. The molecule has 3 rings (SSSR count). The lowest BCUT2D eigenvalue weighted by Gasteiger charge is -2.10. The molecule has 0 unspecified atom stereocenters. The molecule has 1 aliphatic carbocycles. The summed E-state index contributed by atoms with van der Waals surface area (Å²) in [5, 5.41) is 14.0. The number of halogens is 1. The minimum atomic E-state index is -0.450. The van der Waals surface area contributed by atoms with Crippen molar-refractivity contribution < 1.29 is 5.11 Å². The molecular formula is C12H12BrN3O. The van der Waals surface area contributed by atoms with Gasteiger partial charge in [0, 0.05) is 10.9 Å². The van der Waals surface area contributed by atoms with E-state index in [0.29, 0.717) is 0 Å². The molecule has 1 fully saturated rings. The van der Waals surface area contributed by atoms with Crippen molar-refractivity contribution in [3.05, 3.63) is 40.9 Å². The maximum Gasteiger partial charge on any atom is 0.138 e. The van der Waals surface area contributed by atoms with Gasteiger partial charge in [-0.05, 0) is 46.5 Å². The highest BCUT2D eigenvalue weighted by atomic mass is 79.9. The Kier molecular flexibility index (Phi) is 2.52. The highest BCUT2D eigenvalue weighted by molar-refractivity contribution is 9.10. The van der Waals surface area contributed by atoms with Crippen LogP contribution in [-0.4, -0.2) is 25.5 Å². The van der Waals surface area contributed by atoms with Gasteiger partial charge in [0.05, 0.1) is 11.3 Å². The molecule has 1 aromatic heterocycles. The first-order valence-electron chi connectivity index (χ1n) is 5.52. The number of hydrogen-bond donors (Lipinski definition) is 1. The van der Waals surface area contributed by atoms with Crippen LogP contribution in [0.15, 0.2) is 35.3 Å². The second-order valence-corrected chi connectivity index (χ2v) is 5.38. The lowest BCUT2D eigenvalue weighted by Crippen LogP contribution is -2.10. The van der Waals surface area contributed by atoms with E-state index in [1.54, 1.807) is 11.0 Å². The van der Waals surface area contributed by atoms with Crippen molar-refractivity contribution >= 4 is 15.9 Å². The maximum atomic E-state index is 9.88. The normalized spacial score (nSPS) is 17.1. The number of hydrogen-bond acceptors (Lipinski definition) is 3. The molecule has 1 aliphatic rings. The van der Waals surface area contributed by atoms with Crippen LogP contribution in [-0.2, 0) is 6.42 Å². The number of rotatable bonds is 3. The summed E-state index contributed by atoms with van der Waals surface area (Å²) in [6.07, 6.45) is 5.72. The molecule has 0 spiro atoms. The lowest BCUT2D eigenvalue weighted by atomic mass is 10.1. The predicted molar refractivity (Wildman–Crippen MR) is 66.9 cm³/mol. The molecule has 0 radical (unpaired) electrons. The van der Waals surface area contributed by atoms with Crippen molar-refractivity contribution in [1.82, 2.24) is 14.8 Å². The number of benzene rings is 1. The Morgan fingerprint density at radius 3 is 2.82 bits per heavy atom. The van der Waals surface area contributed by atoms with Gasteiger partial charge in [0.25, 0.3) is 0 Å². The Morgan fingerprint density at radius 2 is 2.24 bits per heavy atom. The molecule has 5 heteroatoms.